The first kappa shape index (κ1) is 17.5. The maximum absolute atomic E-state index is 13.0. The molecule has 0 heterocycles. The highest BCUT2D eigenvalue weighted by atomic mass is 16.1. The van der Waals surface area contributed by atoms with Gasteiger partial charge in [-0.05, 0) is 0 Å². The van der Waals surface area contributed by atoms with Crippen molar-refractivity contribution in [3.8, 4) is 0 Å². The fourth-order valence-corrected chi connectivity index (χ4v) is 2.50. The van der Waals surface area contributed by atoms with Gasteiger partial charge in [-0.3, -0.25) is 9.59 Å². The van der Waals surface area contributed by atoms with Crippen molar-refractivity contribution >= 4 is 11.6 Å². The van der Waals surface area contributed by atoms with Crippen LogP contribution in [0.5, 0.6) is 0 Å². The van der Waals surface area contributed by atoms with Crippen LogP contribution >= 0.6 is 0 Å². The SMILES string of the molecule is CN(C)/C(C(=O)c1ccccc1)=C(/C(=O)c1ccccc1)N(C)C. The van der Waals surface area contributed by atoms with Crippen molar-refractivity contribution in [2.75, 3.05) is 28.2 Å². The Bertz CT molecular complexity index is 682. The van der Waals surface area contributed by atoms with Crippen LogP contribution in [0.3, 0.4) is 0 Å². The van der Waals surface area contributed by atoms with Crippen molar-refractivity contribution in [1.82, 2.24) is 9.80 Å². The summed E-state index contributed by atoms with van der Waals surface area (Å²) >= 11 is 0. The van der Waals surface area contributed by atoms with Gasteiger partial charge in [0, 0.05) is 39.3 Å². The average molecular weight is 322 g/mol. The summed E-state index contributed by atoms with van der Waals surface area (Å²) in [5, 5.41) is 0. The summed E-state index contributed by atoms with van der Waals surface area (Å²) in [4.78, 5) is 29.4. The van der Waals surface area contributed by atoms with Crippen molar-refractivity contribution < 1.29 is 9.59 Å². The first-order valence-electron chi connectivity index (χ1n) is 7.72. The molecule has 24 heavy (non-hydrogen) atoms. The highest BCUT2D eigenvalue weighted by Crippen LogP contribution is 2.20. The lowest BCUT2D eigenvalue weighted by Gasteiger charge is -2.25. The van der Waals surface area contributed by atoms with Gasteiger partial charge in [0.1, 0.15) is 11.4 Å². The quantitative estimate of drug-likeness (QED) is 0.605. The van der Waals surface area contributed by atoms with E-state index in [0.29, 0.717) is 22.5 Å². The molecule has 2 rings (SSSR count). The fraction of sp³-hybridized carbons (Fsp3) is 0.200. The number of ketones is 2. The van der Waals surface area contributed by atoms with Gasteiger partial charge in [-0.2, -0.15) is 0 Å². The van der Waals surface area contributed by atoms with Crippen LogP contribution in [-0.4, -0.2) is 49.6 Å². The first-order chi connectivity index (χ1) is 11.4. The fourth-order valence-electron chi connectivity index (χ4n) is 2.50. The van der Waals surface area contributed by atoms with Crippen LogP contribution in [0.2, 0.25) is 0 Å². The monoisotopic (exact) mass is 322 g/mol. The van der Waals surface area contributed by atoms with E-state index in [2.05, 4.69) is 0 Å². The molecule has 0 saturated carbocycles. The van der Waals surface area contributed by atoms with Gasteiger partial charge < -0.3 is 9.80 Å². The third-order valence-corrected chi connectivity index (χ3v) is 3.62. The molecule has 0 radical (unpaired) electrons. The zero-order chi connectivity index (χ0) is 17.7. The highest BCUT2D eigenvalue weighted by Gasteiger charge is 2.26. The molecule has 0 fully saturated rings. The lowest BCUT2D eigenvalue weighted by atomic mass is 10.0. The lowest BCUT2D eigenvalue weighted by Crippen LogP contribution is -2.30. The number of likely N-dealkylation sites (N-methyl/N-ethyl adjacent to an activating group) is 2. The van der Waals surface area contributed by atoms with Gasteiger partial charge in [0.2, 0.25) is 11.6 Å². The summed E-state index contributed by atoms with van der Waals surface area (Å²) in [6, 6.07) is 18.0. The second kappa shape index (κ2) is 7.59. The second-order valence-electron chi connectivity index (χ2n) is 5.88. The summed E-state index contributed by atoms with van der Waals surface area (Å²) in [7, 11) is 7.10. The Balaban J connectivity index is 2.60. The molecule has 0 unspecified atom stereocenters. The van der Waals surface area contributed by atoms with Crippen LogP contribution in [0.25, 0.3) is 0 Å². The molecule has 0 atom stereocenters. The summed E-state index contributed by atoms with van der Waals surface area (Å²) < 4.78 is 0. The third-order valence-electron chi connectivity index (χ3n) is 3.62. The molecule has 0 N–H and O–H groups in total. The van der Waals surface area contributed by atoms with Gasteiger partial charge in [0.25, 0.3) is 0 Å². The summed E-state index contributed by atoms with van der Waals surface area (Å²) in [5.74, 6) is -0.345. The van der Waals surface area contributed by atoms with Crippen molar-refractivity contribution in [3.63, 3.8) is 0 Å². The van der Waals surface area contributed by atoms with E-state index in [-0.39, 0.29) is 11.6 Å². The van der Waals surface area contributed by atoms with Gasteiger partial charge in [0.05, 0.1) is 0 Å². The van der Waals surface area contributed by atoms with Crippen LogP contribution in [0.1, 0.15) is 20.7 Å². The number of hydrogen-bond acceptors (Lipinski definition) is 4. The Kier molecular flexibility index (Phi) is 5.53. The number of benzene rings is 2. The van der Waals surface area contributed by atoms with Gasteiger partial charge in [-0.15, -0.1) is 0 Å². The minimum Gasteiger partial charge on any atom is -0.373 e. The molecule has 4 heteroatoms. The number of carbonyl (C=O) groups excluding carboxylic acids is 2. The van der Waals surface area contributed by atoms with E-state index in [4.69, 9.17) is 0 Å². The Morgan fingerprint density at radius 2 is 0.875 bits per heavy atom. The van der Waals surface area contributed by atoms with Gasteiger partial charge in [0.15, 0.2) is 0 Å². The minimum absolute atomic E-state index is 0.173. The third kappa shape index (κ3) is 3.71. The number of nitrogens with zero attached hydrogens (tertiary/aromatic N) is 2. The van der Waals surface area contributed by atoms with E-state index < -0.39 is 0 Å². The van der Waals surface area contributed by atoms with Crippen LogP contribution in [0.4, 0.5) is 0 Å². The van der Waals surface area contributed by atoms with E-state index >= 15 is 0 Å². The summed E-state index contributed by atoms with van der Waals surface area (Å²) in [5.41, 5.74) is 1.86. The predicted octanol–water partition coefficient (Wildman–Crippen LogP) is 3.09. The molecule has 4 nitrogen and oxygen atoms in total. The molecule has 0 bridgehead atoms. The lowest BCUT2D eigenvalue weighted by molar-refractivity contribution is 0.0955. The molecular formula is C20H22N2O2. The van der Waals surface area contributed by atoms with E-state index in [0.717, 1.165) is 0 Å². The smallest absolute Gasteiger partial charge is 0.211 e. The molecule has 0 aliphatic carbocycles. The van der Waals surface area contributed by atoms with E-state index in [1.54, 1.807) is 62.3 Å². The van der Waals surface area contributed by atoms with Crippen LogP contribution < -0.4 is 0 Å². The number of carbonyl (C=O) groups is 2. The van der Waals surface area contributed by atoms with Crippen molar-refractivity contribution in [1.29, 1.82) is 0 Å². The largest absolute Gasteiger partial charge is 0.373 e. The molecule has 2 aromatic rings. The van der Waals surface area contributed by atoms with Gasteiger partial charge in [-0.1, -0.05) is 60.7 Å². The Morgan fingerprint density at radius 1 is 0.583 bits per heavy atom. The topological polar surface area (TPSA) is 40.6 Å². The zero-order valence-corrected chi connectivity index (χ0v) is 14.5. The molecule has 0 saturated heterocycles. The number of hydrogen-bond donors (Lipinski definition) is 0. The second-order valence-corrected chi connectivity index (χ2v) is 5.88. The Hall–Kier alpha value is -2.88. The minimum atomic E-state index is -0.173. The van der Waals surface area contributed by atoms with Crippen molar-refractivity contribution in [3.05, 3.63) is 83.2 Å². The zero-order valence-electron chi connectivity index (χ0n) is 14.5. The maximum atomic E-state index is 13.0. The summed E-state index contributed by atoms with van der Waals surface area (Å²) in [6.07, 6.45) is 0. The van der Waals surface area contributed by atoms with E-state index in [9.17, 15) is 9.59 Å². The molecule has 0 aliphatic rings. The number of rotatable bonds is 6. The van der Waals surface area contributed by atoms with Crippen LogP contribution in [0.15, 0.2) is 72.1 Å². The molecular weight excluding hydrogens is 300 g/mol. The first-order valence-corrected chi connectivity index (χ1v) is 7.72. The van der Waals surface area contributed by atoms with Gasteiger partial charge in [-0.25, -0.2) is 0 Å². The molecule has 124 valence electrons. The summed E-state index contributed by atoms with van der Waals surface area (Å²) in [6.45, 7) is 0. The molecule has 0 aliphatic heterocycles. The van der Waals surface area contributed by atoms with Crippen LogP contribution in [-0.2, 0) is 0 Å². The standard InChI is InChI=1S/C20H22N2O2/c1-21(2)17(19(23)15-11-7-5-8-12-15)18(22(3)4)20(24)16-13-9-6-10-14-16/h5-14H,1-4H3/b18-17-. The number of Topliss-reactive ketones (excluding diaryl/α,β-unsaturated/α-hetero) is 2. The molecule has 0 spiro atoms. The molecule has 2 aromatic carbocycles. The normalized spacial score (nSPS) is 11.5. The Labute approximate surface area is 143 Å². The highest BCUT2D eigenvalue weighted by molar-refractivity contribution is 6.17. The predicted molar refractivity (Wildman–Crippen MR) is 95.9 cm³/mol. The van der Waals surface area contributed by atoms with Crippen LogP contribution in [0, 0.1) is 0 Å². The average Bonchev–Trinajstić information content (AvgIpc) is 2.59. The van der Waals surface area contributed by atoms with Crippen molar-refractivity contribution in [2.45, 2.75) is 0 Å². The Morgan fingerprint density at radius 3 is 1.12 bits per heavy atom. The molecule has 0 amide bonds. The van der Waals surface area contributed by atoms with Gasteiger partial charge >= 0.3 is 0 Å². The van der Waals surface area contributed by atoms with E-state index in [1.165, 1.54) is 0 Å². The molecule has 0 aromatic heterocycles. The maximum Gasteiger partial charge on any atom is 0.211 e. The number of allylic oxidation sites excluding steroid dienone is 2. The van der Waals surface area contributed by atoms with Crippen molar-refractivity contribution in [2.24, 2.45) is 0 Å². The van der Waals surface area contributed by atoms with E-state index in [1.807, 2.05) is 36.4 Å².